The van der Waals surface area contributed by atoms with E-state index in [4.69, 9.17) is 5.73 Å². The molecule has 3 heterocycles. The molecule has 0 radical (unpaired) electrons. The highest BCUT2D eigenvalue weighted by Crippen LogP contribution is 2.32. The van der Waals surface area contributed by atoms with E-state index in [1.54, 1.807) is 0 Å². The molecule has 1 aliphatic rings. The van der Waals surface area contributed by atoms with E-state index >= 15 is 0 Å². The van der Waals surface area contributed by atoms with Crippen molar-refractivity contribution < 1.29 is 4.79 Å². The number of hydrogen-bond donors (Lipinski definition) is 1. The lowest BCUT2D eigenvalue weighted by atomic mass is 9.80. The Morgan fingerprint density at radius 2 is 1.96 bits per heavy atom. The van der Waals surface area contributed by atoms with Crippen LogP contribution in [0, 0.1) is 5.41 Å². The van der Waals surface area contributed by atoms with E-state index in [-0.39, 0.29) is 5.91 Å². The Morgan fingerprint density at radius 1 is 1.25 bits per heavy atom. The molecule has 0 atom stereocenters. The third kappa shape index (κ3) is 2.79. The summed E-state index contributed by atoms with van der Waals surface area (Å²) in [7, 11) is 0. The van der Waals surface area contributed by atoms with Crippen molar-refractivity contribution in [1.82, 2.24) is 19.5 Å². The fraction of sp³-hybridized carbons (Fsp3) is 0.611. The van der Waals surface area contributed by atoms with Gasteiger partial charge in [0.15, 0.2) is 5.65 Å². The molecule has 1 saturated heterocycles. The van der Waals surface area contributed by atoms with Crippen molar-refractivity contribution in [3.05, 3.63) is 30.2 Å². The smallest absolute Gasteiger partial charge is 0.230 e. The van der Waals surface area contributed by atoms with Crippen LogP contribution in [0.2, 0.25) is 0 Å². The second kappa shape index (κ2) is 6.89. The summed E-state index contributed by atoms with van der Waals surface area (Å²) < 4.78 is 2.06. The molecular weight excluding hydrogens is 302 g/mol. The summed E-state index contributed by atoms with van der Waals surface area (Å²) in [6.45, 7) is 6.08. The molecular formula is C18H27N5O. The van der Waals surface area contributed by atoms with Crippen molar-refractivity contribution >= 4 is 11.6 Å². The molecule has 2 aromatic rings. The first-order chi connectivity index (χ1) is 11.6. The highest BCUT2D eigenvalue weighted by molar-refractivity contribution is 5.83. The van der Waals surface area contributed by atoms with Crippen LogP contribution in [0.3, 0.4) is 0 Å². The summed E-state index contributed by atoms with van der Waals surface area (Å²) in [5.41, 5.74) is 6.42. The normalized spacial score (nSPS) is 16.7. The Morgan fingerprint density at radius 3 is 2.58 bits per heavy atom. The van der Waals surface area contributed by atoms with Crippen LogP contribution >= 0.6 is 0 Å². The highest BCUT2D eigenvalue weighted by atomic mass is 16.2. The first-order valence-corrected chi connectivity index (χ1v) is 8.94. The lowest BCUT2D eigenvalue weighted by Gasteiger charge is -2.38. The van der Waals surface area contributed by atoms with Crippen LogP contribution in [0.5, 0.6) is 0 Å². The van der Waals surface area contributed by atoms with Crippen LogP contribution in [0.1, 0.15) is 51.3 Å². The number of carbonyl (C=O) groups is 1. The summed E-state index contributed by atoms with van der Waals surface area (Å²) in [5, 5.41) is 8.62. The SMILES string of the molecule is CCC(CC)(CN)C(=O)N1CCC(c2nnc3ccccn23)CC1. The third-order valence-electron chi connectivity index (χ3n) is 5.69. The van der Waals surface area contributed by atoms with Crippen molar-refractivity contribution in [3.63, 3.8) is 0 Å². The molecule has 0 saturated carbocycles. The van der Waals surface area contributed by atoms with Crippen molar-refractivity contribution in [2.24, 2.45) is 11.1 Å². The van der Waals surface area contributed by atoms with Crippen LogP contribution in [0.15, 0.2) is 24.4 Å². The monoisotopic (exact) mass is 329 g/mol. The molecule has 0 bridgehead atoms. The van der Waals surface area contributed by atoms with Crippen molar-refractivity contribution in [1.29, 1.82) is 0 Å². The maximum absolute atomic E-state index is 12.9. The number of carbonyl (C=O) groups excluding carboxylic acids is 1. The van der Waals surface area contributed by atoms with Gasteiger partial charge in [0.25, 0.3) is 0 Å². The fourth-order valence-corrected chi connectivity index (χ4v) is 3.74. The number of aromatic nitrogens is 3. The van der Waals surface area contributed by atoms with Crippen LogP contribution in [-0.2, 0) is 4.79 Å². The van der Waals surface area contributed by atoms with E-state index in [9.17, 15) is 4.79 Å². The largest absolute Gasteiger partial charge is 0.342 e. The number of hydrogen-bond acceptors (Lipinski definition) is 4. The Balaban J connectivity index is 1.71. The number of fused-ring (bicyclic) bond motifs is 1. The van der Waals surface area contributed by atoms with Gasteiger partial charge in [-0.2, -0.15) is 0 Å². The maximum atomic E-state index is 12.9. The molecule has 0 aromatic carbocycles. The number of nitrogens with two attached hydrogens (primary N) is 1. The minimum Gasteiger partial charge on any atom is -0.342 e. The van der Waals surface area contributed by atoms with Gasteiger partial charge in [0.05, 0.1) is 5.41 Å². The molecule has 0 unspecified atom stereocenters. The molecule has 2 N–H and O–H groups in total. The van der Waals surface area contributed by atoms with Crippen LogP contribution < -0.4 is 5.73 Å². The first-order valence-electron chi connectivity index (χ1n) is 8.94. The van der Waals surface area contributed by atoms with Gasteiger partial charge in [-0.15, -0.1) is 10.2 Å². The number of likely N-dealkylation sites (tertiary alicyclic amines) is 1. The molecule has 24 heavy (non-hydrogen) atoms. The highest BCUT2D eigenvalue weighted by Gasteiger charge is 2.38. The summed E-state index contributed by atoms with van der Waals surface area (Å²) in [6, 6.07) is 5.93. The third-order valence-corrected chi connectivity index (χ3v) is 5.69. The van der Waals surface area contributed by atoms with Gasteiger partial charge in [0, 0.05) is 31.7 Å². The van der Waals surface area contributed by atoms with Gasteiger partial charge < -0.3 is 10.6 Å². The molecule has 130 valence electrons. The van der Waals surface area contributed by atoms with E-state index in [0.29, 0.717) is 12.5 Å². The van der Waals surface area contributed by atoms with E-state index in [2.05, 4.69) is 28.4 Å². The average Bonchev–Trinajstić information content (AvgIpc) is 3.08. The first kappa shape index (κ1) is 16.9. The van der Waals surface area contributed by atoms with Crippen molar-refractivity contribution in [2.75, 3.05) is 19.6 Å². The van der Waals surface area contributed by atoms with Crippen LogP contribution in [0.4, 0.5) is 0 Å². The zero-order valence-corrected chi connectivity index (χ0v) is 14.6. The van der Waals surface area contributed by atoms with Crippen molar-refractivity contribution in [3.8, 4) is 0 Å². The average molecular weight is 329 g/mol. The number of rotatable bonds is 5. The molecule has 2 aromatic heterocycles. The lowest BCUT2D eigenvalue weighted by Crippen LogP contribution is -2.50. The molecule has 6 heteroatoms. The quantitative estimate of drug-likeness (QED) is 0.912. The predicted molar refractivity (Wildman–Crippen MR) is 93.6 cm³/mol. The van der Waals surface area contributed by atoms with E-state index in [0.717, 1.165) is 50.2 Å². The van der Waals surface area contributed by atoms with E-state index in [1.165, 1.54) is 0 Å². The lowest BCUT2D eigenvalue weighted by molar-refractivity contribution is -0.143. The molecule has 3 rings (SSSR count). The summed E-state index contributed by atoms with van der Waals surface area (Å²) in [4.78, 5) is 14.9. The number of piperidine rings is 1. The molecule has 6 nitrogen and oxygen atoms in total. The van der Waals surface area contributed by atoms with Gasteiger partial charge in [-0.25, -0.2) is 0 Å². The Labute approximate surface area is 143 Å². The minimum absolute atomic E-state index is 0.222. The second-order valence-corrected chi connectivity index (χ2v) is 6.75. The van der Waals surface area contributed by atoms with Gasteiger partial charge in [-0.1, -0.05) is 19.9 Å². The van der Waals surface area contributed by atoms with Gasteiger partial charge in [0.2, 0.25) is 5.91 Å². The Bertz CT molecular complexity index is 690. The fourth-order valence-electron chi connectivity index (χ4n) is 3.74. The van der Waals surface area contributed by atoms with Gasteiger partial charge in [-0.05, 0) is 37.8 Å². The molecule has 0 spiro atoms. The minimum atomic E-state index is -0.394. The zero-order chi connectivity index (χ0) is 17.2. The molecule has 1 aliphatic heterocycles. The zero-order valence-electron chi connectivity index (χ0n) is 14.6. The number of nitrogens with zero attached hydrogens (tertiary/aromatic N) is 4. The Kier molecular flexibility index (Phi) is 4.85. The number of pyridine rings is 1. The second-order valence-electron chi connectivity index (χ2n) is 6.75. The topological polar surface area (TPSA) is 76.5 Å². The summed E-state index contributed by atoms with van der Waals surface area (Å²) >= 11 is 0. The van der Waals surface area contributed by atoms with E-state index in [1.807, 2.05) is 29.3 Å². The van der Waals surface area contributed by atoms with E-state index < -0.39 is 5.41 Å². The number of amides is 1. The molecule has 0 aliphatic carbocycles. The summed E-state index contributed by atoms with van der Waals surface area (Å²) in [5.74, 6) is 1.58. The summed E-state index contributed by atoms with van der Waals surface area (Å²) in [6.07, 6.45) is 5.46. The van der Waals surface area contributed by atoms with Gasteiger partial charge >= 0.3 is 0 Å². The standard InChI is InChI=1S/C18H27N5O/c1-3-18(4-2,13-19)17(24)22-11-8-14(9-12-22)16-21-20-15-7-5-6-10-23(15)16/h5-7,10,14H,3-4,8-9,11-13,19H2,1-2H3. The maximum Gasteiger partial charge on any atom is 0.230 e. The van der Waals surface area contributed by atoms with Gasteiger partial charge in [-0.3, -0.25) is 9.20 Å². The van der Waals surface area contributed by atoms with Gasteiger partial charge in [0.1, 0.15) is 5.82 Å². The van der Waals surface area contributed by atoms with Crippen molar-refractivity contribution in [2.45, 2.75) is 45.4 Å². The van der Waals surface area contributed by atoms with Crippen LogP contribution in [-0.4, -0.2) is 45.0 Å². The Hall–Kier alpha value is -1.95. The predicted octanol–water partition coefficient (Wildman–Crippen LogP) is 2.20. The molecule has 1 amide bonds. The van der Waals surface area contributed by atoms with Crippen LogP contribution in [0.25, 0.3) is 5.65 Å². The molecule has 1 fully saturated rings.